The second-order valence-corrected chi connectivity index (χ2v) is 13.9. The van der Waals surface area contributed by atoms with E-state index < -0.39 is 68.0 Å². The molecular weight excluding hydrogens is 560 g/mol. The van der Waals surface area contributed by atoms with Gasteiger partial charge in [-0.2, -0.15) is 0 Å². The number of rotatable bonds is 8. The number of aliphatic hydroxyl groups is 6. The van der Waals surface area contributed by atoms with Crippen molar-refractivity contribution in [1.29, 1.82) is 0 Å². The molecule has 0 spiro atoms. The summed E-state index contributed by atoms with van der Waals surface area (Å²) in [6, 6.07) is 2.02. The molecule has 1 saturated carbocycles. The van der Waals surface area contributed by atoms with E-state index in [1.54, 1.807) is 6.26 Å². The Morgan fingerprint density at radius 2 is 1.63 bits per heavy atom. The average molecular weight is 611 g/mol. The van der Waals surface area contributed by atoms with Crippen LogP contribution in [0, 0.1) is 16.7 Å². The lowest BCUT2D eigenvalue weighted by Gasteiger charge is -2.58. The lowest BCUT2D eigenvalue weighted by atomic mass is 9.49. The van der Waals surface area contributed by atoms with Gasteiger partial charge in [0, 0.05) is 0 Å². The summed E-state index contributed by atoms with van der Waals surface area (Å²) in [6.07, 6.45) is -4.72. The Morgan fingerprint density at radius 1 is 0.884 bits per heavy atom. The van der Waals surface area contributed by atoms with Crippen LogP contribution < -0.4 is 0 Å². The van der Waals surface area contributed by atoms with Crippen LogP contribution in [0.1, 0.15) is 72.3 Å². The lowest BCUT2D eigenvalue weighted by Crippen LogP contribution is -2.65. The highest BCUT2D eigenvalue weighted by molar-refractivity contribution is 5.29. The zero-order chi connectivity index (χ0) is 31.3. The van der Waals surface area contributed by atoms with Crippen LogP contribution >= 0.6 is 0 Å². The molecule has 244 valence electrons. The molecule has 4 aliphatic rings. The van der Waals surface area contributed by atoms with Gasteiger partial charge in [0.25, 0.3) is 0 Å². The molecule has 1 aromatic heterocycles. The molecule has 2 saturated heterocycles. The van der Waals surface area contributed by atoms with Gasteiger partial charge in [-0.3, -0.25) is 0 Å². The van der Waals surface area contributed by atoms with E-state index in [0.29, 0.717) is 12.3 Å². The van der Waals surface area contributed by atoms with E-state index in [4.69, 9.17) is 23.4 Å². The number of allylic oxidation sites excluding steroid dienone is 2. The summed E-state index contributed by atoms with van der Waals surface area (Å²) in [5.74, 6) is 0.301. The van der Waals surface area contributed by atoms with Crippen LogP contribution in [0.25, 0.3) is 0 Å². The molecule has 0 amide bonds. The third-order valence-electron chi connectivity index (χ3n) is 10.9. The first-order valence-electron chi connectivity index (χ1n) is 15.6. The van der Waals surface area contributed by atoms with Crippen LogP contribution in [0.3, 0.4) is 0 Å². The van der Waals surface area contributed by atoms with Crippen molar-refractivity contribution in [1.82, 2.24) is 0 Å². The Hall–Kier alpha value is -1.38. The molecule has 3 fully saturated rings. The van der Waals surface area contributed by atoms with Crippen molar-refractivity contribution < 1.29 is 54.0 Å². The van der Waals surface area contributed by atoms with Gasteiger partial charge in [-0.25, -0.2) is 0 Å². The van der Waals surface area contributed by atoms with E-state index >= 15 is 0 Å². The number of ether oxygens (including phenoxy) is 4. The first-order valence-corrected chi connectivity index (χ1v) is 15.6. The molecular formula is C32H50O11. The van der Waals surface area contributed by atoms with Gasteiger partial charge < -0.3 is 54.0 Å². The monoisotopic (exact) mass is 610 g/mol. The van der Waals surface area contributed by atoms with E-state index in [1.807, 2.05) is 12.3 Å². The summed E-state index contributed by atoms with van der Waals surface area (Å²) >= 11 is 0. The van der Waals surface area contributed by atoms with Crippen molar-refractivity contribution in [2.75, 3.05) is 6.61 Å². The number of fused-ring (bicyclic) bond motifs is 1. The minimum atomic E-state index is -1.61. The predicted molar refractivity (Wildman–Crippen MR) is 153 cm³/mol. The normalized spacial score (nSPS) is 45.2. The summed E-state index contributed by atoms with van der Waals surface area (Å²) < 4.78 is 29.5. The summed E-state index contributed by atoms with van der Waals surface area (Å²) in [5, 5.41) is 62.6. The van der Waals surface area contributed by atoms with Crippen LogP contribution in [-0.2, 0) is 25.4 Å². The first-order chi connectivity index (χ1) is 20.3. The molecule has 11 heteroatoms. The standard InChI is InChI=1S/C32H50O11/c1-16-6-9-21-31(3,4)22(10-12-32(21,5)19(16)8-7-18-11-13-39-15-18)42-30-28(26(37)24(35)20(14-33)41-30)43-29-27(38)25(36)23(34)17(2)40-29/h11,13,15,17,20-30,33-38H,6-10,12,14H2,1-5H3/t17-,20+,21+,22+,23-,24+,25+,26-,27+,28+,29+,30-,32-/m0/s1. The van der Waals surface area contributed by atoms with E-state index in [-0.39, 0.29) is 16.9 Å². The van der Waals surface area contributed by atoms with Crippen molar-refractivity contribution in [2.24, 2.45) is 16.7 Å². The third kappa shape index (κ3) is 6.10. The summed E-state index contributed by atoms with van der Waals surface area (Å²) in [6.45, 7) is 10.0. The molecule has 0 bridgehead atoms. The number of furan rings is 1. The zero-order valence-electron chi connectivity index (χ0n) is 25.8. The fraction of sp³-hybridized carbons (Fsp3) is 0.812. The molecule has 2 aliphatic heterocycles. The maximum atomic E-state index is 11.1. The second kappa shape index (κ2) is 12.8. The molecule has 0 unspecified atom stereocenters. The maximum absolute atomic E-state index is 11.1. The van der Waals surface area contributed by atoms with Gasteiger partial charge >= 0.3 is 0 Å². The summed E-state index contributed by atoms with van der Waals surface area (Å²) in [7, 11) is 0. The maximum Gasteiger partial charge on any atom is 0.187 e. The van der Waals surface area contributed by atoms with Crippen molar-refractivity contribution in [3.63, 3.8) is 0 Å². The van der Waals surface area contributed by atoms with Crippen LogP contribution in [0.2, 0.25) is 0 Å². The molecule has 43 heavy (non-hydrogen) atoms. The van der Waals surface area contributed by atoms with Gasteiger partial charge in [0.2, 0.25) is 0 Å². The Morgan fingerprint density at radius 3 is 2.30 bits per heavy atom. The molecule has 2 aliphatic carbocycles. The predicted octanol–water partition coefficient (Wildman–Crippen LogP) is 1.80. The largest absolute Gasteiger partial charge is 0.472 e. The van der Waals surface area contributed by atoms with Crippen LogP contribution in [0.15, 0.2) is 34.2 Å². The number of aryl methyl sites for hydroxylation is 1. The molecule has 0 aromatic carbocycles. The van der Waals surface area contributed by atoms with E-state index in [0.717, 1.165) is 32.1 Å². The van der Waals surface area contributed by atoms with Gasteiger partial charge in [-0.05, 0) is 80.8 Å². The molecule has 5 rings (SSSR count). The van der Waals surface area contributed by atoms with Gasteiger partial charge in [0.1, 0.15) is 42.7 Å². The highest BCUT2D eigenvalue weighted by atomic mass is 16.8. The average Bonchev–Trinajstić information content (AvgIpc) is 3.48. The van der Waals surface area contributed by atoms with Gasteiger partial charge in [-0.1, -0.05) is 31.9 Å². The first kappa shape index (κ1) is 33.0. The molecule has 6 N–H and O–H groups in total. The zero-order valence-corrected chi connectivity index (χ0v) is 25.8. The number of hydrogen-bond acceptors (Lipinski definition) is 11. The Labute approximate surface area is 253 Å². The van der Waals surface area contributed by atoms with Crippen molar-refractivity contribution >= 4 is 0 Å². The third-order valence-corrected chi connectivity index (χ3v) is 10.9. The minimum Gasteiger partial charge on any atom is -0.472 e. The molecule has 13 atom stereocenters. The summed E-state index contributed by atoms with van der Waals surface area (Å²) in [4.78, 5) is 0. The molecule has 0 radical (unpaired) electrons. The van der Waals surface area contributed by atoms with E-state index in [9.17, 15) is 30.6 Å². The number of hydrogen-bond donors (Lipinski definition) is 6. The molecule has 1 aromatic rings. The highest BCUT2D eigenvalue weighted by Gasteiger charge is 2.57. The topological polar surface area (TPSA) is 171 Å². The van der Waals surface area contributed by atoms with Gasteiger partial charge in [0.05, 0.1) is 31.3 Å². The van der Waals surface area contributed by atoms with Gasteiger partial charge in [0.15, 0.2) is 12.6 Å². The summed E-state index contributed by atoms with van der Waals surface area (Å²) in [5.41, 5.74) is 3.81. The Balaban J connectivity index is 1.35. The minimum absolute atomic E-state index is 0.0186. The van der Waals surface area contributed by atoms with Crippen molar-refractivity contribution in [2.45, 2.75) is 141 Å². The highest BCUT2D eigenvalue weighted by Crippen LogP contribution is 2.61. The Bertz CT molecular complexity index is 1100. The molecule has 3 heterocycles. The van der Waals surface area contributed by atoms with Crippen LogP contribution in [-0.4, -0.2) is 105 Å². The van der Waals surface area contributed by atoms with Gasteiger partial charge in [-0.15, -0.1) is 0 Å². The number of aliphatic hydroxyl groups excluding tert-OH is 6. The Kier molecular flexibility index (Phi) is 9.81. The van der Waals surface area contributed by atoms with Crippen molar-refractivity contribution in [3.8, 4) is 0 Å². The fourth-order valence-electron chi connectivity index (χ4n) is 8.27. The van der Waals surface area contributed by atoms with Crippen LogP contribution in [0.5, 0.6) is 0 Å². The fourth-order valence-corrected chi connectivity index (χ4v) is 8.27. The lowest BCUT2D eigenvalue weighted by molar-refractivity contribution is -0.375. The van der Waals surface area contributed by atoms with E-state index in [2.05, 4.69) is 27.7 Å². The quantitative estimate of drug-likeness (QED) is 0.237. The second-order valence-electron chi connectivity index (χ2n) is 13.9. The smallest absolute Gasteiger partial charge is 0.187 e. The van der Waals surface area contributed by atoms with Crippen LogP contribution in [0.4, 0.5) is 0 Å². The van der Waals surface area contributed by atoms with Crippen molar-refractivity contribution in [3.05, 3.63) is 35.3 Å². The van der Waals surface area contributed by atoms with E-state index in [1.165, 1.54) is 23.6 Å². The molecule has 11 nitrogen and oxygen atoms in total. The SMILES string of the molecule is CC1=C(CCc2ccoc2)[C@]2(C)CC[C@@H](O[C@@H]3O[C@H](CO)[C@@H](O)[C@H](O)[C@H]3O[C@H]3O[C@@H](C)[C@H](O)[C@@H](O)[C@H]3O)C(C)(C)[C@H]2CC1.